The first-order valence-corrected chi connectivity index (χ1v) is 9.99. The van der Waals surface area contributed by atoms with Gasteiger partial charge in [-0.1, -0.05) is 23.5 Å². The Labute approximate surface area is 175 Å². The molecule has 0 spiro atoms. The number of rotatable bonds is 4. The van der Waals surface area contributed by atoms with Crippen molar-refractivity contribution in [2.45, 2.75) is 0 Å². The van der Waals surface area contributed by atoms with Crippen LogP contribution in [0.5, 0.6) is 0 Å². The fourth-order valence-electron chi connectivity index (χ4n) is 3.32. The van der Waals surface area contributed by atoms with E-state index in [1.165, 1.54) is 11.3 Å². The van der Waals surface area contributed by atoms with Gasteiger partial charge in [-0.15, -0.1) is 0 Å². The highest BCUT2D eigenvalue weighted by atomic mass is 32.1. The van der Waals surface area contributed by atoms with Gasteiger partial charge in [0.25, 0.3) is 11.8 Å². The minimum absolute atomic E-state index is 0.324. The van der Waals surface area contributed by atoms with Gasteiger partial charge in [-0.3, -0.25) is 19.3 Å². The first-order chi connectivity index (χ1) is 14.6. The fraction of sp³-hybridized carbons (Fsp3) is 0.0455. The number of anilines is 1. The number of pyridine rings is 1. The third-order valence-electron chi connectivity index (χ3n) is 4.76. The molecule has 146 valence electrons. The summed E-state index contributed by atoms with van der Waals surface area (Å²) in [5.74, 6) is -1.35. The molecule has 3 heterocycles. The number of fused-ring (bicyclic) bond motifs is 2. The zero-order chi connectivity index (χ0) is 20.7. The normalized spacial score (nSPS) is 13.0. The molecule has 0 unspecified atom stereocenters. The molecule has 8 heteroatoms. The van der Waals surface area contributed by atoms with Crippen LogP contribution >= 0.6 is 11.3 Å². The second kappa shape index (κ2) is 7.16. The van der Waals surface area contributed by atoms with Crippen LogP contribution in [0.25, 0.3) is 20.9 Å². The largest absolute Gasteiger partial charge is 0.325 e. The molecular weight excluding hydrogens is 400 g/mol. The lowest BCUT2D eigenvalue weighted by Gasteiger charge is -2.13. The average molecular weight is 414 g/mol. The highest BCUT2D eigenvalue weighted by molar-refractivity contribution is 7.21. The average Bonchev–Trinajstić information content (AvgIpc) is 3.30. The number of hydrogen-bond donors (Lipinski definition) is 1. The summed E-state index contributed by atoms with van der Waals surface area (Å²) in [5, 5.41) is 3.57. The van der Waals surface area contributed by atoms with Crippen LogP contribution in [0.1, 0.15) is 20.7 Å². The van der Waals surface area contributed by atoms with E-state index in [0.717, 1.165) is 25.8 Å². The van der Waals surface area contributed by atoms with Crippen molar-refractivity contribution in [3.05, 3.63) is 78.0 Å². The Morgan fingerprint density at radius 1 is 0.933 bits per heavy atom. The number of hydrogen-bond acceptors (Lipinski definition) is 6. The molecule has 0 aliphatic carbocycles. The summed E-state index contributed by atoms with van der Waals surface area (Å²) in [7, 11) is 0. The molecule has 2 aromatic heterocycles. The van der Waals surface area contributed by atoms with E-state index in [2.05, 4.69) is 15.3 Å². The number of aromatic nitrogens is 2. The van der Waals surface area contributed by atoms with Gasteiger partial charge in [-0.25, -0.2) is 9.97 Å². The third kappa shape index (κ3) is 3.13. The van der Waals surface area contributed by atoms with E-state index < -0.39 is 17.7 Å². The molecule has 1 aliphatic heterocycles. The molecule has 5 rings (SSSR count). The SMILES string of the molecule is O=C(CN1C(=O)c2ccccc2C1=O)Nc1ccc(-c2nc3cccnc3s2)cc1. The maximum absolute atomic E-state index is 12.4. The van der Waals surface area contributed by atoms with Crippen LogP contribution in [0.4, 0.5) is 5.69 Å². The number of carbonyl (C=O) groups excluding carboxylic acids is 3. The van der Waals surface area contributed by atoms with E-state index in [0.29, 0.717) is 16.8 Å². The quantitative estimate of drug-likeness (QED) is 0.515. The van der Waals surface area contributed by atoms with Gasteiger partial charge in [0.1, 0.15) is 21.9 Å². The lowest BCUT2D eigenvalue weighted by atomic mass is 10.1. The summed E-state index contributed by atoms with van der Waals surface area (Å²) in [5.41, 5.74) is 2.97. The van der Waals surface area contributed by atoms with Crippen molar-refractivity contribution in [2.24, 2.45) is 0 Å². The van der Waals surface area contributed by atoms with E-state index in [1.54, 1.807) is 42.6 Å². The summed E-state index contributed by atoms with van der Waals surface area (Å²) in [4.78, 5) is 47.9. The molecule has 0 saturated heterocycles. The first kappa shape index (κ1) is 18.1. The Balaban J connectivity index is 1.28. The Kier molecular flexibility index (Phi) is 4.33. The molecule has 1 aliphatic rings. The monoisotopic (exact) mass is 414 g/mol. The number of nitrogens with zero attached hydrogens (tertiary/aromatic N) is 3. The van der Waals surface area contributed by atoms with Crippen LogP contribution in [-0.4, -0.2) is 39.1 Å². The minimum atomic E-state index is -0.453. The second-order valence-corrected chi connectivity index (χ2v) is 7.69. The van der Waals surface area contributed by atoms with Crippen molar-refractivity contribution in [3.63, 3.8) is 0 Å². The van der Waals surface area contributed by atoms with E-state index in [9.17, 15) is 14.4 Å². The number of imide groups is 1. The maximum Gasteiger partial charge on any atom is 0.262 e. The van der Waals surface area contributed by atoms with Crippen LogP contribution in [0.2, 0.25) is 0 Å². The molecule has 3 amide bonds. The molecular formula is C22H14N4O3S. The van der Waals surface area contributed by atoms with Crippen LogP contribution in [0.3, 0.4) is 0 Å². The predicted molar refractivity (Wildman–Crippen MR) is 113 cm³/mol. The Morgan fingerprint density at radius 2 is 1.63 bits per heavy atom. The van der Waals surface area contributed by atoms with Crippen LogP contribution in [0, 0.1) is 0 Å². The maximum atomic E-state index is 12.4. The zero-order valence-electron chi connectivity index (χ0n) is 15.5. The summed E-state index contributed by atoms with van der Waals surface area (Å²) in [6.45, 7) is -0.336. The van der Waals surface area contributed by atoms with E-state index in [4.69, 9.17) is 0 Å². The number of benzene rings is 2. The number of carbonyl (C=O) groups is 3. The van der Waals surface area contributed by atoms with Crippen molar-refractivity contribution in [1.29, 1.82) is 0 Å². The molecule has 2 aromatic carbocycles. The third-order valence-corrected chi connectivity index (χ3v) is 5.79. The molecule has 0 saturated carbocycles. The smallest absolute Gasteiger partial charge is 0.262 e. The number of amides is 3. The lowest BCUT2D eigenvalue weighted by Crippen LogP contribution is -2.37. The lowest BCUT2D eigenvalue weighted by molar-refractivity contribution is -0.116. The number of nitrogens with one attached hydrogen (secondary N) is 1. The molecule has 4 aromatic rings. The van der Waals surface area contributed by atoms with Gasteiger partial charge in [0.05, 0.1) is 11.1 Å². The van der Waals surface area contributed by atoms with E-state index >= 15 is 0 Å². The van der Waals surface area contributed by atoms with Gasteiger partial charge >= 0.3 is 0 Å². The first-order valence-electron chi connectivity index (χ1n) is 9.17. The molecule has 30 heavy (non-hydrogen) atoms. The summed E-state index contributed by atoms with van der Waals surface area (Å²) < 4.78 is 0. The van der Waals surface area contributed by atoms with Crippen molar-refractivity contribution in [2.75, 3.05) is 11.9 Å². The highest BCUT2D eigenvalue weighted by Crippen LogP contribution is 2.29. The zero-order valence-corrected chi connectivity index (χ0v) is 16.3. The number of thiazole rings is 1. The van der Waals surface area contributed by atoms with Gasteiger partial charge in [0, 0.05) is 17.4 Å². The summed E-state index contributed by atoms with van der Waals surface area (Å²) >= 11 is 1.49. The topological polar surface area (TPSA) is 92.3 Å². The van der Waals surface area contributed by atoms with Gasteiger partial charge < -0.3 is 5.32 Å². The van der Waals surface area contributed by atoms with Gasteiger partial charge in [0.2, 0.25) is 5.91 Å². The molecule has 1 N–H and O–H groups in total. The Morgan fingerprint density at radius 3 is 2.30 bits per heavy atom. The summed E-state index contributed by atoms with van der Waals surface area (Å²) in [6, 6.07) is 17.5. The predicted octanol–water partition coefficient (Wildman–Crippen LogP) is 3.59. The van der Waals surface area contributed by atoms with E-state index in [-0.39, 0.29) is 6.54 Å². The molecule has 7 nitrogen and oxygen atoms in total. The van der Waals surface area contributed by atoms with Crippen molar-refractivity contribution in [1.82, 2.24) is 14.9 Å². The van der Waals surface area contributed by atoms with Crippen molar-refractivity contribution < 1.29 is 14.4 Å². The highest BCUT2D eigenvalue weighted by Gasteiger charge is 2.36. The van der Waals surface area contributed by atoms with Gasteiger partial charge in [-0.05, 0) is 48.5 Å². The molecule has 0 atom stereocenters. The second-order valence-electron chi connectivity index (χ2n) is 6.71. The molecule has 0 bridgehead atoms. The van der Waals surface area contributed by atoms with E-state index in [1.807, 2.05) is 24.3 Å². The Hall–Kier alpha value is -3.91. The Bertz CT molecular complexity index is 1250. The fourth-order valence-corrected chi connectivity index (χ4v) is 4.23. The minimum Gasteiger partial charge on any atom is -0.325 e. The standard InChI is InChI=1S/C22H14N4O3S/c27-18(12-26-21(28)15-4-1-2-5-16(15)22(26)29)24-14-9-7-13(8-10-14)19-25-17-6-3-11-23-20(17)30-19/h1-11H,12H2,(H,24,27). The van der Waals surface area contributed by atoms with Gasteiger partial charge in [-0.2, -0.15) is 0 Å². The van der Waals surface area contributed by atoms with Crippen LogP contribution in [-0.2, 0) is 4.79 Å². The summed E-state index contributed by atoms with van der Waals surface area (Å²) in [6.07, 6.45) is 1.73. The molecule has 0 radical (unpaired) electrons. The van der Waals surface area contributed by atoms with Gasteiger partial charge in [0.15, 0.2) is 0 Å². The van der Waals surface area contributed by atoms with Crippen molar-refractivity contribution >= 4 is 45.1 Å². The van der Waals surface area contributed by atoms with Crippen molar-refractivity contribution in [3.8, 4) is 10.6 Å². The molecule has 0 fully saturated rings. The van der Waals surface area contributed by atoms with Crippen LogP contribution < -0.4 is 5.32 Å². The van der Waals surface area contributed by atoms with Crippen LogP contribution in [0.15, 0.2) is 66.9 Å².